The zero-order valence-electron chi connectivity index (χ0n) is 15.8. The van der Waals surface area contributed by atoms with Crippen molar-refractivity contribution in [3.05, 3.63) is 59.0 Å². The van der Waals surface area contributed by atoms with Crippen molar-refractivity contribution in [2.75, 3.05) is 13.1 Å². The van der Waals surface area contributed by atoms with Crippen molar-refractivity contribution < 1.29 is 14.0 Å². The van der Waals surface area contributed by atoms with Crippen molar-refractivity contribution in [3.63, 3.8) is 0 Å². The van der Waals surface area contributed by atoms with Gasteiger partial charge in [-0.1, -0.05) is 36.6 Å². The first-order chi connectivity index (χ1) is 13.6. The van der Waals surface area contributed by atoms with Crippen LogP contribution in [-0.2, 0) is 10.2 Å². The number of hydrogen-bond donors (Lipinski definition) is 1. The van der Waals surface area contributed by atoms with E-state index in [0.717, 1.165) is 44.1 Å². The summed E-state index contributed by atoms with van der Waals surface area (Å²) in [5, 5.41) is 3.96. The summed E-state index contributed by atoms with van der Waals surface area (Å²) < 4.78 is 5.21. The van der Waals surface area contributed by atoms with Gasteiger partial charge in [0.1, 0.15) is 0 Å². The third-order valence-electron chi connectivity index (χ3n) is 6.14. The van der Waals surface area contributed by atoms with Crippen LogP contribution < -0.4 is 5.32 Å². The molecular formula is C22H25ClN2O3. The maximum Gasteiger partial charge on any atom is 0.289 e. The molecule has 1 aromatic heterocycles. The lowest BCUT2D eigenvalue weighted by Crippen LogP contribution is -2.51. The van der Waals surface area contributed by atoms with Gasteiger partial charge in [-0.2, -0.15) is 0 Å². The highest BCUT2D eigenvalue weighted by Gasteiger charge is 2.43. The number of piperidine rings is 1. The fraction of sp³-hybridized carbons (Fsp3) is 0.455. The van der Waals surface area contributed by atoms with E-state index in [4.69, 9.17) is 16.0 Å². The predicted octanol–water partition coefficient (Wildman–Crippen LogP) is 4.17. The maximum atomic E-state index is 13.3. The minimum atomic E-state index is -0.453. The number of carbonyl (C=O) groups excluding carboxylic acids is 2. The van der Waals surface area contributed by atoms with Gasteiger partial charge in [0.15, 0.2) is 5.76 Å². The standard InChI is InChI=1S/C22H25ClN2O3/c23-17-7-5-16(6-8-17)22(11-1-2-12-22)21(27)24-18-9-13-25(14-10-18)20(26)19-4-3-15-28-19/h3-8,15,18H,1-2,9-14H2,(H,24,27). The zero-order valence-corrected chi connectivity index (χ0v) is 16.6. The number of rotatable bonds is 4. The largest absolute Gasteiger partial charge is 0.459 e. The van der Waals surface area contributed by atoms with Crippen molar-refractivity contribution in [2.45, 2.75) is 50.0 Å². The van der Waals surface area contributed by atoms with Crippen LogP contribution in [0.1, 0.15) is 54.6 Å². The Morgan fingerprint density at radius 2 is 1.75 bits per heavy atom. The van der Waals surface area contributed by atoms with Gasteiger partial charge in [-0.3, -0.25) is 9.59 Å². The van der Waals surface area contributed by atoms with Gasteiger partial charge in [0, 0.05) is 24.2 Å². The Labute approximate surface area is 170 Å². The number of likely N-dealkylation sites (tertiary alicyclic amines) is 1. The van der Waals surface area contributed by atoms with Gasteiger partial charge in [-0.25, -0.2) is 0 Å². The first-order valence-corrected chi connectivity index (χ1v) is 10.4. The Morgan fingerprint density at radius 1 is 1.07 bits per heavy atom. The minimum absolute atomic E-state index is 0.0804. The molecule has 2 aliphatic rings. The number of furan rings is 1. The molecule has 4 rings (SSSR count). The van der Waals surface area contributed by atoms with E-state index in [2.05, 4.69) is 5.32 Å². The van der Waals surface area contributed by atoms with Crippen molar-refractivity contribution in [1.29, 1.82) is 0 Å². The molecule has 0 spiro atoms. The highest BCUT2D eigenvalue weighted by molar-refractivity contribution is 6.30. The second-order valence-corrected chi connectivity index (χ2v) is 8.25. The van der Waals surface area contributed by atoms with Crippen LogP contribution in [0.2, 0.25) is 5.02 Å². The molecule has 2 fully saturated rings. The third-order valence-corrected chi connectivity index (χ3v) is 6.39. The summed E-state index contributed by atoms with van der Waals surface area (Å²) in [7, 11) is 0. The Balaban J connectivity index is 1.39. The Bertz CT molecular complexity index is 818. The molecule has 1 N–H and O–H groups in total. The molecule has 1 saturated heterocycles. The molecule has 5 nitrogen and oxygen atoms in total. The van der Waals surface area contributed by atoms with E-state index < -0.39 is 5.41 Å². The van der Waals surface area contributed by atoms with E-state index in [-0.39, 0.29) is 17.9 Å². The molecule has 0 radical (unpaired) electrons. The quantitative estimate of drug-likeness (QED) is 0.837. The normalized spacial score (nSPS) is 19.5. The molecule has 1 aliphatic carbocycles. The number of benzene rings is 1. The Hall–Kier alpha value is -2.27. The summed E-state index contributed by atoms with van der Waals surface area (Å²) in [6, 6.07) is 11.2. The molecule has 6 heteroatoms. The van der Waals surface area contributed by atoms with Crippen molar-refractivity contribution >= 4 is 23.4 Å². The molecule has 0 atom stereocenters. The average molecular weight is 401 g/mol. The van der Waals surface area contributed by atoms with Crippen LogP contribution in [0.3, 0.4) is 0 Å². The van der Waals surface area contributed by atoms with Crippen LogP contribution in [0.4, 0.5) is 0 Å². The molecule has 1 aliphatic heterocycles. The summed E-state index contributed by atoms with van der Waals surface area (Å²) in [5.74, 6) is 0.404. The fourth-order valence-electron chi connectivity index (χ4n) is 4.50. The van der Waals surface area contributed by atoms with Gasteiger partial charge >= 0.3 is 0 Å². The molecule has 2 amide bonds. The van der Waals surface area contributed by atoms with Crippen LogP contribution in [0.5, 0.6) is 0 Å². The number of hydrogen-bond acceptors (Lipinski definition) is 3. The molecule has 148 valence electrons. The predicted molar refractivity (Wildman–Crippen MR) is 107 cm³/mol. The number of carbonyl (C=O) groups is 2. The van der Waals surface area contributed by atoms with Crippen molar-refractivity contribution in [3.8, 4) is 0 Å². The highest BCUT2D eigenvalue weighted by atomic mass is 35.5. The SMILES string of the molecule is O=C(c1ccco1)N1CCC(NC(=O)C2(c3ccc(Cl)cc3)CCCC2)CC1. The maximum absolute atomic E-state index is 13.3. The zero-order chi connectivity index (χ0) is 19.6. The molecule has 2 heterocycles. The second kappa shape index (κ2) is 8.00. The highest BCUT2D eigenvalue weighted by Crippen LogP contribution is 2.42. The summed E-state index contributed by atoms with van der Waals surface area (Å²) in [5.41, 5.74) is 0.600. The topological polar surface area (TPSA) is 62.6 Å². The van der Waals surface area contributed by atoms with E-state index >= 15 is 0 Å². The Kier molecular flexibility index (Phi) is 5.44. The second-order valence-electron chi connectivity index (χ2n) is 7.81. The molecule has 0 unspecified atom stereocenters. The van der Waals surface area contributed by atoms with Gasteiger partial charge in [0.05, 0.1) is 11.7 Å². The monoisotopic (exact) mass is 400 g/mol. The number of nitrogens with zero attached hydrogens (tertiary/aromatic N) is 1. The van der Waals surface area contributed by atoms with E-state index in [9.17, 15) is 9.59 Å². The lowest BCUT2D eigenvalue weighted by Gasteiger charge is -2.35. The van der Waals surface area contributed by atoms with Gasteiger partial charge in [0.25, 0.3) is 5.91 Å². The van der Waals surface area contributed by atoms with Crippen molar-refractivity contribution in [2.24, 2.45) is 0 Å². The number of amides is 2. The van der Waals surface area contributed by atoms with E-state index in [1.165, 1.54) is 6.26 Å². The lowest BCUT2D eigenvalue weighted by molar-refractivity contribution is -0.127. The van der Waals surface area contributed by atoms with Crippen LogP contribution in [0, 0.1) is 0 Å². The van der Waals surface area contributed by atoms with Gasteiger partial charge in [-0.05, 0) is 55.5 Å². The molecule has 0 bridgehead atoms. The average Bonchev–Trinajstić information content (AvgIpc) is 3.41. The van der Waals surface area contributed by atoms with Crippen molar-refractivity contribution in [1.82, 2.24) is 10.2 Å². The van der Waals surface area contributed by atoms with Crippen LogP contribution in [-0.4, -0.2) is 35.8 Å². The summed E-state index contributed by atoms with van der Waals surface area (Å²) in [4.78, 5) is 27.5. The van der Waals surface area contributed by atoms with Crippen LogP contribution in [0.25, 0.3) is 0 Å². The number of halogens is 1. The molecule has 1 aromatic carbocycles. The lowest BCUT2D eigenvalue weighted by atomic mass is 9.77. The smallest absolute Gasteiger partial charge is 0.289 e. The van der Waals surface area contributed by atoms with E-state index in [1.54, 1.807) is 17.0 Å². The molecule has 28 heavy (non-hydrogen) atoms. The van der Waals surface area contributed by atoms with E-state index in [0.29, 0.717) is 23.9 Å². The van der Waals surface area contributed by atoms with Gasteiger partial charge in [-0.15, -0.1) is 0 Å². The molecule has 2 aromatic rings. The Morgan fingerprint density at radius 3 is 2.36 bits per heavy atom. The number of nitrogens with one attached hydrogen (secondary N) is 1. The summed E-state index contributed by atoms with van der Waals surface area (Å²) in [6.07, 6.45) is 6.90. The van der Waals surface area contributed by atoms with Crippen LogP contribution >= 0.6 is 11.6 Å². The molecular weight excluding hydrogens is 376 g/mol. The van der Waals surface area contributed by atoms with Gasteiger partial charge in [0.2, 0.25) is 5.91 Å². The molecule has 1 saturated carbocycles. The third kappa shape index (κ3) is 3.68. The van der Waals surface area contributed by atoms with E-state index in [1.807, 2.05) is 24.3 Å². The minimum Gasteiger partial charge on any atom is -0.459 e. The summed E-state index contributed by atoms with van der Waals surface area (Å²) in [6.45, 7) is 1.25. The van der Waals surface area contributed by atoms with Gasteiger partial charge < -0.3 is 14.6 Å². The first kappa shape index (κ1) is 19.1. The summed E-state index contributed by atoms with van der Waals surface area (Å²) >= 11 is 6.04. The fourth-order valence-corrected chi connectivity index (χ4v) is 4.63. The van der Waals surface area contributed by atoms with Crippen LogP contribution in [0.15, 0.2) is 47.1 Å². The first-order valence-electron chi connectivity index (χ1n) is 9.98.